The molecule has 0 amide bonds. The molecule has 2 aromatic heterocycles. The highest BCUT2D eigenvalue weighted by Gasteiger charge is 2.08. The van der Waals surface area contributed by atoms with Gasteiger partial charge in [0, 0.05) is 34.4 Å². The first-order valence-electron chi connectivity index (χ1n) is 8.59. The molecule has 0 aliphatic heterocycles. The van der Waals surface area contributed by atoms with Crippen molar-refractivity contribution in [1.82, 2.24) is 20.0 Å². The lowest BCUT2D eigenvalue weighted by molar-refractivity contribution is 0.609. The maximum Gasteiger partial charge on any atom is 0.139 e. The number of fused-ring (bicyclic) bond motifs is 1. The Labute approximate surface area is 166 Å². The van der Waals surface area contributed by atoms with Crippen LogP contribution in [0.3, 0.4) is 0 Å². The van der Waals surface area contributed by atoms with Gasteiger partial charge in [0.25, 0.3) is 0 Å². The van der Waals surface area contributed by atoms with E-state index in [0.29, 0.717) is 29.4 Å². The summed E-state index contributed by atoms with van der Waals surface area (Å²) in [5, 5.41) is 13.2. The van der Waals surface area contributed by atoms with Gasteiger partial charge in [0.15, 0.2) is 0 Å². The molecule has 1 N–H and O–H groups in total. The number of benzene rings is 2. The van der Waals surface area contributed by atoms with Crippen LogP contribution in [0.15, 0.2) is 54.9 Å². The molecule has 2 aromatic carbocycles. The van der Waals surface area contributed by atoms with Crippen LogP contribution in [0, 0.1) is 18.2 Å². The first kappa shape index (κ1) is 18.0. The lowest BCUT2D eigenvalue weighted by atomic mass is 10.1. The van der Waals surface area contributed by atoms with Crippen molar-refractivity contribution in [2.75, 3.05) is 11.9 Å². The van der Waals surface area contributed by atoms with Crippen molar-refractivity contribution >= 4 is 28.2 Å². The van der Waals surface area contributed by atoms with E-state index in [9.17, 15) is 4.39 Å². The van der Waals surface area contributed by atoms with Crippen LogP contribution in [0.25, 0.3) is 22.2 Å². The second kappa shape index (κ2) is 7.67. The Morgan fingerprint density at radius 1 is 1.18 bits per heavy atom. The quantitative estimate of drug-likeness (QED) is 0.513. The van der Waals surface area contributed by atoms with E-state index in [1.165, 1.54) is 6.07 Å². The van der Waals surface area contributed by atoms with E-state index in [1.54, 1.807) is 29.2 Å². The second-order valence-corrected chi connectivity index (χ2v) is 6.59. The summed E-state index contributed by atoms with van der Waals surface area (Å²) in [5.74, 6) is 1.86. The van der Waals surface area contributed by atoms with Crippen LogP contribution < -0.4 is 5.32 Å². The molecule has 138 valence electrons. The maximum absolute atomic E-state index is 13.9. The van der Waals surface area contributed by atoms with E-state index in [-0.39, 0.29) is 5.56 Å². The number of terminal acetylenes is 1. The number of nitrogens with one attached hydrogen (secondary N) is 1. The monoisotopic (exact) mass is 391 g/mol. The van der Waals surface area contributed by atoms with Gasteiger partial charge in [0.1, 0.15) is 11.5 Å². The van der Waals surface area contributed by atoms with Crippen molar-refractivity contribution in [3.05, 3.63) is 71.3 Å². The molecule has 0 aliphatic carbocycles. The van der Waals surface area contributed by atoms with E-state index in [0.717, 1.165) is 16.6 Å². The van der Waals surface area contributed by atoms with Gasteiger partial charge in [-0.1, -0.05) is 28.8 Å². The summed E-state index contributed by atoms with van der Waals surface area (Å²) in [6.07, 6.45) is 8.76. The molecule has 5 nitrogen and oxygen atoms in total. The predicted molar refractivity (Wildman–Crippen MR) is 109 cm³/mol. The van der Waals surface area contributed by atoms with Crippen molar-refractivity contribution < 1.29 is 4.39 Å². The molecule has 4 aromatic rings. The van der Waals surface area contributed by atoms with Crippen molar-refractivity contribution in [2.45, 2.75) is 6.54 Å². The van der Waals surface area contributed by atoms with Crippen LogP contribution in [0.4, 0.5) is 10.1 Å². The molecule has 0 aliphatic rings. The third-order valence-corrected chi connectivity index (χ3v) is 4.56. The van der Waals surface area contributed by atoms with E-state index in [2.05, 4.69) is 26.5 Å². The molecule has 0 bridgehead atoms. The zero-order chi connectivity index (χ0) is 19.5. The van der Waals surface area contributed by atoms with Gasteiger partial charge >= 0.3 is 0 Å². The lowest BCUT2D eigenvalue weighted by Crippen LogP contribution is -2.11. The van der Waals surface area contributed by atoms with Crippen LogP contribution in [0.2, 0.25) is 5.02 Å². The fourth-order valence-corrected chi connectivity index (χ4v) is 3.08. The number of rotatable bonds is 5. The summed E-state index contributed by atoms with van der Waals surface area (Å²) < 4.78 is 15.6. The lowest BCUT2D eigenvalue weighted by Gasteiger charge is -2.09. The van der Waals surface area contributed by atoms with E-state index in [1.807, 2.05) is 24.3 Å². The zero-order valence-corrected chi connectivity index (χ0v) is 15.5. The number of halogens is 2. The Hall–Kier alpha value is -3.43. The van der Waals surface area contributed by atoms with Crippen molar-refractivity contribution in [3.63, 3.8) is 0 Å². The third kappa shape index (κ3) is 3.66. The minimum Gasteiger partial charge on any atom is -0.383 e. The first-order valence-corrected chi connectivity index (χ1v) is 8.96. The molecule has 4 rings (SSSR count). The molecule has 0 saturated heterocycles. The number of hydrogen-bond acceptors (Lipinski definition) is 4. The fraction of sp³-hybridized carbons (Fsp3) is 0.0952. The molecular weight excluding hydrogens is 377 g/mol. The van der Waals surface area contributed by atoms with Crippen LogP contribution in [0.1, 0.15) is 5.56 Å². The van der Waals surface area contributed by atoms with E-state index in [4.69, 9.17) is 18.0 Å². The van der Waals surface area contributed by atoms with Crippen LogP contribution in [0.5, 0.6) is 0 Å². The first-order chi connectivity index (χ1) is 13.6. The number of nitrogens with zero attached hydrogens (tertiary/aromatic N) is 4. The summed E-state index contributed by atoms with van der Waals surface area (Å²) in [5.41, 5.74) is 3.25. The van der Waals surface area contributed by atoms with Crippen molar-refractivity contribution in [3.8, 4) is 23.6 Å². The van der Waals surface area contributed by atoms with Crippen LogP contribution in [-0.4, -0.2) is 26.5 Å². The standard InChI is InChI=1S/C21H15ClFN5/c1-2-14-3-4-15(11-18(14)23)21-13-28(27-26-21)10-9-25-19-7-8-24-20-12-16(22)5-6-17(19)20/h1,3-8,11-13H,9-10H2,(H,24,25). The Morgan fingerprint density at radius 2 is 2.07 bits per heavy atom. The normalized spacial score (nSPS) is 10.8. The topological polar surface area (TPSA) is 55.6 Å². The minimum atomic E-state index is -0.444. The number of aromatic nitrogens is 4. The average Bonchev–Trinajstić information content (AvgIpc) is 3.16. The summed E-state index contributed by atoms with van der Waals surface area (Å²) >= 11 is 6.02. The number of anilines is 1. The molecule has 28 heavy (non-hydrogen) atoms. The highest BCUT2D eigenvalue weighted by atomic mass is 35.5. The summed E-state index contributed by atoms with van der Waals surface area (Å²) in [6.45, 7) is 1.23. The largest absolute Gasteiger partial charge is 0.383 e. The fourth-order valence-electron chi connectivity index (χ4n) is 2.91. The van der Waals surface area contributed by atoms with Gasteiger partial charge in [-0.05, 0) is 36.4 Å². The molecule has 0 atom stereocenters. The van der Waals surface area contributed by atoms with Crippen molar-refractivity contribution in [2.24, 2.45) is 0 Å². The highest BCUT2D eigenvalue weighted by Crippen LogP contribution is 2.24. The Morgan fingerprint density at radius 3 is 2.89 bits per heavy atom. The van der Waals surface area contributed by atoms with Gasteiger partial charge < -0.3 is 5.32 Å². The number of hydrogen-bond donors (Lipinski definition) is 1. The van der Waals surface area contributed by atoms with Crippen LogP contribution >= 0.6 is 11.6 Å². The SMILES string of the molecule is C#Cc1ccc(-c2cn(CCNc3ccnc4cc(Cl)ccc34)nn2)cc1F. The minimum absolute atomic E-state index is 0.228. The Balaban J connectivity index is 1.44. The van der Waals surface area contributed by atoms with Crippen LogP contribution in [-0.2, 0) is 6.54 Å². The van der Waals surface area contributed by atoms with Gasteiger partial charge in [-0.3, -0.25) is 9.67 Å². The zero-order valence-electron chi connectivity index (χ0n) is 14.7. The Bertz CT molecular complexity index is 1200. The third-order valence-electron chi connectivity index (χ3n) is 4.32. The van der Waals surface area contributed by atoms with Gasteiger partial charge in [0.05, 0.1) is 23.8 Å². The smallest absolute Gasteiger partial charge is 0.139 e. The predicted octanol–water partition coefficient (Wildman–Crippen LogP) is 4.38. The molecule has 0 radical (unpaired) electrons. The van der Waals surface area contributed by atoms with Gasteiger partial charge in [-0.2, -0.15) is 0 Å². The molecule has 2 heterocycles. The molecule has 7 heteroatoms. The Kier molecular flexibility index (Phi) is 4.92. The van der Waals surface area contributed by atoms with Crippen molar-refractivity contribution in [1.29, 1.82) is 0 Å². The molecule has 0 fully saturated rings. The van der Waals surface area contributed by atoms with Gasteiger partial charge in [0.2, 0.25) is 0 Å². The molecule has 0 unspecified atom stereocenters. The number of pyridine rings is 1. The summed E-state index contributed by atoms with van der Waals surface area (Å²) in [4.78, 5) is 4.33. The summed E-state index contributed by atoms with van der Waals surface area (Å²) in [6, 6.07) is 12.2. The molecule has 0 saturated carbocycles. The maximum atomic E-state index is 13.9. The van der Waals surface area contributed by atoms with E-state index < -0.39 is 5.82 Å². The second-order valence-electron chi connectivity index (χ2n) is 6.15. The summed E-state index contributed by atoms with van der Waals surface area (Å²) in [7, 11) is 0. The molecular formula is C21H15ClFN5. The van der Waals surface area contributed by atoms with Gasteiger partial charge in [-0.25, -0.2) is 4.39 Å². The average molecular weight is 392 g/mol. The van der Waals surface area contributed by atoms with Gasteiger partial charge in [-0.15, -0.1) is 11.5 Å². The highest BCUT2D eigenvalue weighted by molar-refractivity contribution is 6.31. The van der Waals surface area contributed by atoms with E-state index >= 15 is 0 Å². The molecule has 0 spiro atoms.